The normalized spacial score (nSPS) is 33.8. The summed E-state index contributed by atoms with van der Waals surface area (Å²) in [5, 5.41) is 10.5. The fourth-order valence-corrected chi connectivity index (χ4v) is 24.0. The Morgan fingerprint density at radius 1 is 0.333 bits per heavy atom. The molecule has 114 heavy (non-hydrogen) atoms. The predicted molar refractivity (Wildman–Crippen MR) is 462 cm³/mol. The number of piperidine rings is 8. The van der Waals surface area contributed by atoms with Gasteiger partial charge in [-0.3, -0.25) is 0 Å². The summed E-state index contributed by atoms with van der Waals surface area (Å²) in [4.78, 5) is 22.4. The molecular weight excluding hydrogens is 1420 g/mol. The maximum absolute atomic E-state index is 14.4. The van der Waals surface area contributed by atoms with E-state index in [9.17, 15) is 4.39 Å². The smallest absolute Gasteiger partial charge is 0.146 e. The number of rotatable bonds is 14. The minimum atomic E-state index is -0.0219. The number of ether oxygens (including phenoxy) is 4. The van der Waals surface area contributed by atoms with Crippen molar-refractivity contribution in [2.45, 2.75) is 123 Å². The Bertz CT molecular complexity index is 4250. The molecule has 0 amide bonds. The van der Waals surface area contributed by atoms with E-state index in [1.807, 2.05) is 6.07 Å². The molecule has 3 N–H and O–H groups in total. The third kappa shape index (κ3) is 15.6. The van der Waals surface area contributed by atoms with Crippen LogP contribution in [0.5, 0.6) is 0 Å². The average molecular weight is 1550 g/mol. The number of halogens is 1. The number of hydrogen-bond donors (Lipinski definition) is 3. The second-order valence-electron chi connectivity index (χ2n) is 37.9. The SMILES string of the molecule is CCN1CC2CC2(c2cccc(N3CCOCC3)c2)C1.CCN1CC2CC2(c2ccccc2N2CCOCC2)C1.CN1CC2CC2(c2ccc(N3CCCCC3)cc2)C1.Fc1cc(C23CNCC2C3)ccc1N1CCCCC1.c1cc(N2CCOCC2)cc(C23CNCC2C3)c1.c1ccc(C23CNCC2C3)c(N2CCOCC2)c1. The van der Waals surface area contributed by atoms with Gasteiger partial charge < -0.3 is 79.0 Å². The first-order valence-corrected chi connectivity index (χ1v) is 45.4. The number of likely N-dealkylation sites (tertiary alicyclic amines) is 3. The van der Waals surface area contributed by atoms with E-state index in [1.165, 1.54) is 203 Å². The number of anilines is 6. The van der Waals surface area contributed by atoms with Crippen molar-refractivity contribution in [3.05, 3.63) is 179 Å². The molecule has 17 heteroatoms. The van der Waals surface area contributed by atoms with Crippen LogP contribution < -0.4 is 45.3 Å². The first-order valence-electron chi connectivity index (χ1n) is 45.4. The van der Waals surface area contributed by atoms with Gasteiger partial charge in [0.2, 0.25) is 0 Å². The molecule has 12 saturated heterocycles. The van der Waals surface area contributed by atoms with E-state index in [4.69, 9.17) is 18.9 Å². The van der Waals surface area contributed by atoms with Crippen molar-refractivity contribution in [1.82, 2.24) is 30.7 Å². The molecule has 12 heterocycles. The first-order chi connectivity index (χ1) is 56.0. The molecule has 612 valence electrons. The summed E-state index contributed by atoms with van der Waals surface area (Å²) in [6.45, 7) is 41.2. The molecule has 6 aromatic carbocycles. The molecule has 18 aliphatic rings. The quantitative estimate of drug-likeness (QED) is 0.0963. The highest BCUT2D eigenvalue weighted by Crippen LogP contribution is 2.64. The Morgan fingerprint density at radius 3 is 1.18 bits per heavy atom. The van der Waals surface area contributed by atoms with Gasteiger partial charge in [-0.1, -0.05) is 92.7 Å². The van der Waals surface area contributed by atoms with E-state index >= 15 is 0 Å². The van der Waals surface area contributed by atoms with Gasteiger partial charge in [0.05, 0.1) is 58.5 Å². The largest absolute Gasteiger partial charge is 0.378 e. The van der Waals surface area contributed by atoms with Gasteiger partial charge in [0.1, 0.15) is 5.82 Å². The van der Waals surface area contributed by atoms with Gasteiger partial charge in [-0.25, -0.2) is 4.39 Å². The zero-order valence-electron chi connectivity index (χ0n) is 69.3. The lowest BCUT2D eigenvalue weighted by Gasteiger charge is -2.32. The fourth-order valence-electron chi connectivity index (χ4n) is 24.0. The van der Waals surface area contributed by atoms with E-state index in [0.29, 0.717) is 27.1 Å². The molecule has 0 spiro atoms. The van der Waals surface area contributed by atoms with Crippen molar-refractivity contribution in [3.63, 3.8) is 0 Å². The van der Waals surface area contributed by atoms with Crippen LogP contribution in [0.1, 0.15) is 124 Å². The van der Waals surface area contributed by atoms with E-state index < -0.39 is 0 Å². The maximum atomic E-state index is 14.4. The second kappa shape index (κ2) is 33.1. The van der Waals surface area contributed by atoms with Crippen LogP contribution in [0.4, 0.5) is 38.5 Å². The molecule has 12 atom stereocenters. The zero-order chi connectivity index (χ0) is 76.9. The summed E-state index contributed by atoms with van der Waals surface area (Å²) in [7, 11) is 2.26. The maximum Gasteiger partial charge on any atom is 0.146 e. The number of nitrogens with zero attached hydrogens (tertiary/aromatic N) is 9. The van der Waals surface area contributed by atoms with Crippen molar-refractivity contribution in [2.75, 3.05) is 259 Å². The standard InChI is InChI=1S/2C17H24N2O.C17H24N2.C16H21FN2.2C15H20N2O/c1-2-18-12-15-11-17(15,13-18)14-4-3-5-16(10-14)19-6-8-20-9-7-19;1-2-18-12-14-11-17(14,13-18)15-5-3-4-6-16(15)19-7-9-20-10-8-19;1-18-12-15-11-17(15,13-18)14-5-7-16(8-6-14)19-9-3-2-4-10-19;17-14-8-12(16-9-13(16)10-18-11-16)4-5-15(14)19-6-2-1-3-7-19;1-2-12(15-9-13(15)10-16-11-15)8-14(3-1)17-4-6-18-7-5-17;1-2-4-14(17-5-7-18-8-6-17)13(3-1)15-9-12(15)10-16-11-15/h3-5,10,15H,2,6-9,11-13H2,1H3;3-6,14H,2,7-13H2,1H3;5-8,15H,2-4,9-13H2,1H3;4-5,8,13,18H,1-3,6-7,9-11H2;1-3,8,13,16H,4-7,9-11H2;1-4,12,16H,5-11H2. The lowest BCUT2D eigenvalue weighted by atomic mass is 9.92. The minimum absolute atomic E-state index is 0.0219. The summed E-state index contributed by atoms with van der Waals surface area (Å²) in [5.41, 5.74) is 19.7. The van der Waals surface area contributed by atoms with Crippen LogP contribution in [-0.2, 0) is 51.4 Å². The van der Waals surface area contributed by atoms with Crippen LogP contribution in [0, 0.1) is 41.3 Å². The predicted octanol–water partition coefficient (Wildman–Crippen LogP) is 12.6. The lowest BCUT2D eigenvalue weighted by Crippen LogP contribution is -2.37. The third-order valence-electron chi connectivity index (χ3n) is 31.4. The molecule has 0 radical (unpaired) electrons. The molecule has 18 fully saturated rings. The number of fused-ring (bicyclic) bond motifs is 6. The Labute approximate surface area is 681 Å². The van der Waals surface area contributed by atoms with Crippen LogP contribution in [0.25, 0.3) is 0 Å². The van der Waals surface area contributed by atoms with Crippen molar-refractivity contribution in [3.8, 4) is 0 Å². The van der Waals surface area contributed by atoms with Gasteiger partial charge in [0, 0.05) is 198 Å². The highest BCUT2D eigenvalue weighted by molar-refractivity contribution is 5.63. The topological polar surface area (TPSA) is 102 Å². The zero-order valence-corrected chi connectivity index (χ0v) is 69.3. The summed E-state index contributed by atoms with van der Waals surface area (Å²) >= 11 is 0. The van der Waals surface area contributed by atoms with Gasteiger partial charge in [-0.05, 0) is 246 Å². The van der Waals surface area contributed by atoms with Gasteiger partial charge in [-0.15, -0.1) is 0 Å². The Kier molecular flexibility index (Phi) is 22.5. The third-order valence-corrected chi connectivity index (χ3v) is 31.4. The minimum Gasteiger partial charge on any atom is -0.378 e. The molecule has 12 unspecified atom stereocenters. The Hall–Kier alpha value is -6.35. The van der Waals surface area contributed by atoms with Crippen LogP contribution in [0.15, 0.2) is 140 Å². The van der Waals surface area contributed by atoms with Gasteiger partial charge >= 0.3 is 0 Å². The highest BCUT2D eigenvalue weighted by Gasteiger charge is 2.64. The Balaban J connectivity index is 0.0000000917. The van der Waals surface area contributed by atoms with Gasteiger partial charge in [0.15, 0.2) is 0 Å². The molecule has 0 aromatic heterocycles. The lowest BCUT2D eigenvalue weighted by molar-refractivity contribution is 0.122. The van der Waals surface area contributed by atoms with Gasteiger partial charge in [0.25, 0.3) is 0 Å². The summed E-state index contributed by atoms with van der Waals surface area (Å²) < 4.78 is 36.3. The number of hydrogen-bond acceptors (Lipinski definition) is 16. The van der Waals surface area contributed by atoms with Crippen molar-refractivity contribution in [2.24, 2.45) is 35.5 Å². The van der Waals surface area contributed by atoms with Crippen molar-refractivity contribution in [1.29, 1.82) is 0 Å². The van der Waals surface area contributed by atoms with Crippen molar-refractivity contribution < 1.29 is 23.3 Å². The monoisotopic (exact) mass is 1550 g/mol. The van der Waals surface area contributed by atoms with E-state index in [2.05, 4.69) is 208 Å². The van der Waals surface area contributed by atoms with Crippen LogP contribution in [0.3, 0.4) is 0 Å². The van der Waals surface area contributed by atoms with E-state index in [-0.39, 0.29) is 11.2 Å². The van der Waals surface area contributed by atoms with E-state index in [1.54, 1.807) is 33.9 Å². The van der Waals surface area contributed by atoms with E-state index in [0.717, 1.165) is 173 Å². The van der Waals surface area contributed by atoms with Crippen LogP contribution >= 0.6 is 0 Å². The number of para-hydroxylation sites is 2. The van der Waals surface area contributed by atoms with Crippen LogP contribution in [-0.4, -0.2) is 245 Å². The molecule has 12 aliphatic heterocycles. The second-order valence-corrected chi connectivity index (χ2v) is 37.9. The highest BCUT2D eigenvalue weighted by atomic mass is 19.1. The van der Waals surface area contributed by atoms with Crippen molar-refractivity contribution >= 4 is 34.1 Å². The number of benzene rings is 6. The average Bonchev–Trinajstić information content (AvgIpc) is 1.55. The van der Waals surface area contributed by atoms with Gasteiger partial charge in [-0.2, -0.15) is 0 Å². The number of likely N-dealkylation sites (N-methyl/N-ethyl adjacent to an activating group) is 3. The molecule has 6 aromatic rings. The molecule has 6 aliphatic carbocycles. The fraction of sp³-hybridized carbons (Fsp3) is 0.629. The summed E-state index contributed by atoms with van der Waals surface area (Å²) in [5.74, 6) is 5.21. The first kappa shape index (κ1) is 77.6. The summed E-state index contributed by atoms with van der Waals surface area (Å²) in [6, 6.07) is 52.1. The molecule has 16 nitrogen and oxygen atoms in total. The number of nitrogens with one attached hydrogen (secondary N) is 3. The molecule has 0 bridgehead atoms. The Morgan fingerprint density at radius 2 is 0.719 bits per heavy atom. The molecular formula is C97H133FN12O4. The number of morpholine rings is 4. The van der Waals surface area contributed by atoms with Crippen LogP contribution in [0.2, 0.25) is 0 Å². The molecule has 6 saturated carbocycles. The molecule has 24 rings (SSSR count). The summed E-state index contributed by atoms with van der Waals surface area (Å²) in [6.07, 6.45) is 16.0.